The van der Waals surface area contributed by atoms with Crippen LogP contribution in [-0.2, 0) is 0 Å². The first-order chi connectivity index (χ1) is 12.6. The minimum Gasteiger partial charge on any atom is -0.485 e. The summed E-state index contributed by atoms with van der Waals surface area (Å²) in [6.45, 7) is 4.83. The van der Waals surface area contributed by atoms with Gasteiger partial charge in [-0.1, -0.05) is 11.6 Å². The maximum Gasteiger partial charge on any atom is 0.251 e. The molecule has 2 atom stereocenters. The standard InChI is InChI=1S/C20H19ClFNO4/c1-10(24)11-5-7-16-13(8-11)17(18(25)20(2,3)27-16)23-19(26)12-4-6-15(22)14(21)9-12/h4-9,17-18,25H,1-3H3,(H,23,26)/t17-,18-/m0/s1/i12+2. The van der Waals surface area contributed by atoms with Crippen LogP contribution in [0.3, 0.4) is 0 Å². The lowest BCUT2D eigenvalue weighted by Crippen LogP contribution is -2.53. The zero-order chi connectivity index (χ0) is 19.9. The minimum atomic E-state index is -1.08. The van der Waals surface area contributed by atoms with Gasteiger partial charge in [0.1, 0.15) is 23.3 Å². The van der Waals surface area contributed by atoms with Crippen molar-refractivity contribution >= 4 is 23.3 Å². The molecule has 2 N–H and O–H groups in total. The second-order valence-corrected chi connectivity index (χ2v) is 7.45. The summed E-state index contributed by atoms with van der Waals surface area (Å²) in [6, 6.07) is 7.68. The van der Waals surface area contributed by atoms with E-state index in [4.69, 9.17) is 16.3 Å². The van der Waals surface area contributed by atoms with Gasteiger partial charge in [-0.25, -0.2) is 4.39 Å². The number of carbonyl (C=O) groups is 2. The van der Waals surface area contributed by atoms with Gasteiger partial charge in [0.2, 0.25) is 0 Å². The van der Waals surface area contributed by atoms with Crippen molar-refractivity contribution in [2.45, 2.75) is 38.5 Å². The lowest BCUT2D eigenvalue weighted by atomic mass is 9.85. The molecule has 1 amide bonds. The number of aliphatic hydroxyl groups excluding tert-OH is 1. The number of hydrogen-bond acceptors (Lipinski definition) is 4. The maximum absolute atomic E-state index is 13.3. The van der Waals surface area contributed by atoms with Gasteiger partial charge in [0.05, 0.1) is 11.1 Å². The number of rotatable bonds is 3. The lowest BCUT2D eigenvalue weighted by Gasteiger charge is -2.42. The predicted octanol–water partition coefficient (Wildman–Crippen LogP) is 3.68. The second-order valence-electron chi connectivity index (χ2n) is 7.04. The van der Waals surface area contributed by atoms with Crippen molar-refractivity contribution in [3.63, 3.8) is 0 Å². The maximum atomic E-state index is 13.3. The summed E-state index contributed by atoms with van der Waals surface area (Å²) in [5, 5.41) is 13.3. The summed E-state index contributed by atoms with van der Waals surface area (Å²) in [5.41, 5.74) is 0.120. The van der Waals surface area contributed by atoms with Gasteiger partial charge in [0.25, 0.3) is 5.91 Å². The van der Waals surface area contributed by atoms with E-state index in [1.165, 1.54) is 19.1 Å². The van der Waals surface area contributed by atoms with Gasteiger partial charge in [0, 0.05) is 16.7 Å². The van der Waals surface area contributed by atoms with Crippen LogP contribution in [0.25, 0.3) is 0 Å². The van der Waals surface area contributed by atoms with Gasteiger partial charge < -0.3 is 15.2 Å². The normalized spacial score (nSPS) is 20.4. The molecule has 0 bridgehead atoms. The highest BCUT2D eigenvalue weighted by atomic mass is 35.5. The Kier molecular flexibility index (Phi) is 4.97. The van der Waals surface area contributed by atoms with E-state index in [0.29, 0.717) is 16.9 Å². The summed E-state index contributed by atoms with van der Waals surface area (Å²) in [5.74, 6) is -0.833. The first-order valence-corrected chi connectivity index (χ1v) is 8.76. The van der Waals surface area contributed by atoms with Crippen molar-refractivity contribution in [1.82, 2.24) is 5.32 Å². The van der Waals surface area contributed by atoms with Crippen LogP contribution in [-0.4, -0.2) is 28.5 Å². The fourth-order valence-corrected chi connectivity index (χ4v) is 3.22. The molecule has 0 radical (unpaired) electrons. The zero-order valence-electron chi connectivity index (χ0n) is 15.0. The molecule has 2 aromatic rings. The Morgan fingerprint density at radius 3 is 2.67 bits per heavy atom. The van der Waals surface area contributed by atoms with Crippen molar-refractivity contribution in [2.75, 3.05) is 0 Å². The van der Waals surface area contributed by atoms with Gasteiger partial charge in [-0.2, -0.15) is 0 Å². The van der Waals surface area contributed by atoms with E-state index in [9.17, 15) is 19.1 Å². The lowest BCUT2D eigenvalue weighted by molar-refractivity contribution is -0.0627. The zero-order valence-corrected chi connectivity index (χ0v) is 15.8. The van der Waals surface area contributed by atoms with E-state index in [2.05, 4.69) is 5.32 Å². The monoisotopic (exact) mass is 393 g/mol. The highest BCUT2D eigenvalue weighted by molar-refractivity contribution is 6.31. The number of fused-ring (bicyclic) bond motifs is 1. The third-order valence-electron chi connectivity index (χ3n) is 4.62. The van der Waals surface area contributed by atoms with E-state index < -0.39 is 29.5 Å². The number of halogens is 2. The third kappa shape index (κ3) is 3.68. The van der Waals surface area contributed by atoms with Crippen molar-refractivity contribution in [1.29, 1.82) is 0 Å². The molecule has 0 saturated carbocycles. The Morgan fingerprint density at radius 1 is 1.33 bits per heavy atom. The van der Waals surface area contributed by atoms with E-state index in [-0.39, 0.29) is 16.4 Å². The largest absolute Gasteiger partial charge is 0.485 e. The molecule has 142 valence electrons. The van der Waals surface area contributed by atoms with Crippen molar-refractivity contribution in [3.05, 3.63) is 63.9 Å². The van der Waals surface area contributed by atoms with E-state index >= 15 is 0 Å². The molecule has 0 aromatic heterocycles. The number of ether oxygens (including phenoxy) is 1. The molecule has 27 heavy (non-hydrogen) atoms. The number of aliphatic hydroxyl groups is 1. The van der Waals surface area contributed by atoms with Crippen LogP contribution < -0.4 is 10.1 Å². The predicted molar refractivity (Wildman–Crippen MR) is 98.8 cm³/mol. The number of ketones is 1. The molecule has 2 aromatic carbocycles. The van der Waals surface area contributed by atoms with Gasteiger partial charge in [-0.3, -0.25) is 9.59 Å². The van der Waals surface area contributed by atoms with E-state index in [1.54, 1.807) is 32.0 Å². The first-order valence-electron chi connectivity index (χ1n) is 8.38. The van der Waals surface area contributed by atoms with Crippen molar-refractivity contribution < 1.29 is 23.8 Å². The Labute approximate surface area is 161 Å². The molecular weight excluding hydrogens is 375 g/mol. The molecule has 3 rings (SSSR count). The fourth-order valence-electron chi connectivity index (χ4n) is 3.04. The fraction of sp³-hybridized carbons (Fsp3) is 0.300. The molecule has 0 saturated heterocycles. The molecule has 0 fully saturated rings. The van der Waals surface area contributed by atoms with Gasteiger partial charge in [-0.15, -0.1) is 0 Å². The van der Waals surface area contributed by atoms with Crippen LogP contribution in [0.1, 0.15) is 53.1 Å². The average molecular weight is 394 g/mol. The van der Waals surface area contributed by atoms with Crippen LogP contribution in [0.4, 0.5) is 4.39 Å². The first kappa shape index (κ1) is 19.3. The Hall–Kier alpha value is -2.44. The Balaban J connectivity index is 2.00. The molecule has 5 nitrogen and oxygen atoms in total. The van der Waals surface area contributed by atoms with Crippen LogP contribution >= 0.6 is 11.6 Å². The minimum absolute atomic E-state index is 0.146. The molecule has 0 spiro atoms. The molecule has 7 heteroatoms. The summed E-state index contributed by atoms with van der Waals surface area (Å²) >= 11 is 5.75. The summed E-state index contributed by atoms with van der Waals surface area (Å²) < 4.78 is 19.2. The number of nitrogens with one attached hydrogen (secondary N) is 1. The molecular formula is C20H19ClFNO4. The second kappa shape index (κ2) is 6.94. The summed E-state index contributed by atoms with van der Waals surface area (Å²) in [6.07, 6.45) is -1.08. The Bertz CT molecular complexity index is 928. The molecule has 0 aliphatic carbocycles. The quantitative estimate of drug-likeness (QED) is 0.780. The van der Waals surface area contributed by atoms with Crippen LogP contribution in [0, 0.1) is 5.82 Å². The SMILES string of the molecule is CC(=O)c1ccc2c(c1)[C@H](NC(=O)[14c]1ccc(F)c(Cl)c1)[C@H](O)C(C)(C)O2. The highest BCUT2D eigenvalue weighted by Gasteiger charge is 2.43. The molecule has 1 aliphatic heterocycles. The van der Waals surface area contributed by atoms with Crippen LogP contribution in [0.2, 0.25) is 5.02 Å². The van der Waals surface area contributed by atoms with Gasteiger partial charge in [-0.05, 0) is 57.2 Å². The van der Waals surface area contributed by atoms with Gasteiger partial charge in [0.15, 0.2) is 5.78 Å². The summed E-state index contributed by atoms with van der Waals surface area (Å²) in [7, 11) is 0. The topological polar surface area (TPSA) is 75.6 Å². The van der Waals surface area contributed by atoms with E-state index in [1.807, 2.05) is 0 Å². The number of hydrogen-bond donors (Lipinski definition) is 2. The number of Topliss-reactive ketones (excluding diaryl/α,β-unsaturated/α-hetero) is 1. The summed E-state index contributed by atoms with van der Waals surface area (Å²) in [4.78, 5) is 24.4. The number of benzene rings is 2. The third-order valence-corrected chi connectivity index (χ3v) is 4.91. The molecule has 1 heterocycles. The average Bonchev–Trinajstić information content (AvgIpc) is 2.60. The molecule has 0 unspecified atom stereocenters. The van der Waals surface area contributed by atoms with Crippen molar-refractivity contribution in [2.24, 2.45) is 0 Å². The number of amides is 1. The van der Waals surface area contributed by atoms with Gasteiger partial charge >= 0.3 is 0 Å². The van der Waals surface area contributed by atoms with Crippen LogP contribution in [0.15, 0.2) is 36.4 Å². The van der Waals surface area contributed by atoms with E-state index in [0.717, 1.165) is 6.07 Å². The van der Waals surface area contributed by atoms with Crippen molar-refractivity contribution in [3.8, 4) is 5.75 Å². The van der Waals surface area contributed by atoms with Crippen LogP contribution in [0.5, 0.6) is 5.75 Å². The number of carbonyl (C=O) groups excluding carboxylic acids is 2. The molecule has 1 aliphatic rings. The Morgan fingerprint density at radius 2 is 2.04 bits per heavy atom. The smallest absolute Gasteiger partial charge is 0.251 e. The highest BCUT2D eigenvalue weighted by Crippen LogP contribution is 2.40.